The molecule has 1 aromatic carbocycles. The molecule has 13 nitrogen and oxygen atoms in total. The lowest BCUT2D eigenvalue weighted by atomic mass is 9.96. The molecule has 206 valence electrons. The summed E-state index contributed by atoms with van der Waals surface area (Å²) in [6, 6.07) is 0.799. The number of carboxylic acids is 1. The van der Waals surface area contributed by atoms with E-state index in [-0.39, 0.29) is 25.0 Å². The number of amides is 4. The number of primary amides is 1. The summed E-state index contributed by atoms with van der Waals surface area (Å²) in [6.45, 7) is 4.77. The molecule has 0 aliphatic heterocycles. The fraction of sp³-hybridized carbons (Fsp3) is 0.542. The summed E-state index contributed by atoms with van der Waals surface area (Å²) in [4.78, 5) is 61.4. The van der Waals surface area contributed by atoms with E-state index >= 15 is 0 Å². The molecule has 4 amide bonds. The minimum atomic E-state index is -1.40. The Labute approximate surface area is 215 Å². The van der Waals surface area contributed by atoms with Gasteiger partial charge >= 0.3 is 5.97 Å². The second kappa shape index (κ2) is 14.8. The number of aliphatic hydroxyl groups is 1. The molecule has 0 heterocycles. The zero-order valence-corrected chi connectivity index (χ0v) is 21.1. The highest BCUT2D eigenvalue weighted by Gasteiger charge is 2.33. The maximum Gasteiger partial charge on any atom is 0.326 e. The van der Waals surface area contributed by atoms with Gasteiger partial charge in [-0.2, -0.15) is 0 Å². The van der Waals surface area contributed by atoms with Gasteiger partial charge in [0.1, 0.15) is 29.9 Å². The summed E-state index contributed by atoms with van der Waals surface area (Å²) in [7, 11) is 0. The highest BCUT2D eigenvalue weighted by atomic mass is 16.4. The van der Waals surface area contributed by atoms with Gasteiger partial charge in [-0.1, -0.05) is 32.4 Å². The van der Waals surface area contributed by atoms with Crippen LogP contribution in [-0.2, 0) is 30.4 Å². The number of aliphatic hydroxyl groups excluding tert-OH is 1. The third-order valence-corrected chi connectivity index (χ3v) is 5.92. The molecule has 0 spiro atoms. The Kier molecular flexibility index (Phi) is 12.5. The van der Waals surface area contributed by atoms with Gasteiger partial charge in [0, 0.05) is 12.8 Å². The highest BCUT2D eigenvalue weighted by molar-refractivity contribution is 5.94. The fourth-order valence-electron chi connectivity index (χ4n) is 3.33. The molecule has 6 atom stereocenters. The molecule has 0 saturated heterocycles. The van der Waals surface area contributed by atoms with Crippen LogP contribution in [0.5, 0.6) is 5.75 Å². The number of carbonyl (C=O) groups is 5. The second-order valence-corrected chi connectivity index (χ2v) is 8.97. The topological polar surface area (TPSA) is 234 Å². The van der Waals surface area contributed by atoms with Gasteiger partial charge in [0.15, 0.2) is 0 Å². The number of nitrogens with one attached hydrogen (secondary N) is 3. The van der Waals surface area contributed by atoms with Crippen LogP contribution < -0.4 is 27.4 Å². The number of phenols is 1. The lowest BCUT2D eigenvalue weighted by Gasteiger charge is -2.28. The molecule has 10 N–H and O–H groups in total. The van der Waals surface area contributed by atoms with Gasteiger partial charge in [-0.15, -0.1) is 0 Å². The third-order valence-electron chi connectivity index (χ3n) is 5.92. The fourth-order valence-corrected chi connectivity index (χ4v) is 3.33. The molecular formula is C24H37N5O8. The van der Waals surface area contributed by atoms with Gasteiger partial charge in [-0.05, 0) is 37.0 Å². The van der Waals surface area contributed by atoms with Crippen LogP contribution in [0.3, 0.4) is 0 Å². The molecule has 0 fully saturated rings. The number of rotatable bonds is 15. The Hall–Kier alpha value is -3.71. The van der Waals surface area contributed by atoms with Crippen molar-refractivity contribution in [2.24, 2.45) is 17.4 Å². The van der Waals surface area contributed by atoms with Crippen molar-refractivity contribution in [3.05, 3.63) is 29.8 Å². The first kappa shape index (κ1) is 31.3. The molecule has 1 rings (SSSR count). The van der Waals surface area contributed by atoms with Gasteiger partial charge in [0.05, 0.1) is 6.10 Å². The standard InChI is InChI=1S/C24H37N5O8/c1-4-12(2)20(23(35)27-16(24(36)37)9-10-18(25)32)29-21(33)17(28-22(34)19(26)13(3)30)11-14-5-7-15(31)8-6-14/h5-8,12-13,16-17,19-20,30-31H,4,9-11,26H2,1-3H3,(H2,25,32)(H,27,35)(H,28,34)(H,29,33)(H,36,37). The first-order chi connectivity index (χ1) is 17.3. The molecular weight excluding hydrogens is 486 g/mol. The smallest absolute Gasteiger partial charge is 0.326 e. The van der Waals surface area contributed by atoms with Crippen molar-refractivity contribution in [2.75, 3.05) is 0 Å². The van der Waals surface area contributed by atoms with Crippen LogP contribution in [0.4, 0.5) is 0 Å². The highest BCUT2D eigenvalue weighted by Crippen LogP contribution is 2.14. The zero-order chi connectivity index (χ0) is 28.3. The van der Waals surface area contributed by atoms with Crippen molar-refractivity contribution in [1.29, 1.82) is 0 Å². The Morgan fingerprint density at radius 1 is 0.919 bits per heavy atom. The van der Waals surface area contributed by atoms with Gasteiger partial charge in [0.2, 0.25) is 23.6 Å². The third kappa shape index (κ3) is 10.4. The summed E-state index contributed by atoms with van der Waals surface area (Å²) < 4.78 is 0. The van der Waals surface area contributed by atoms with E-state index in [0.29, 0.717) is 12.0 Å². The zero-order valence-electron chi connectivity index (χ0n) is 21.1. The van der Waals surface area contributed by atoms with E-state index in [4.69, 9.17) is 11.5 Å². The number of carbonyl (C=O) groups excluding carboxylic acids is 4. The number of phenolic OH excluding ortho intramolecular Hbond substituents is 1. The van der Waals surface area contributed by atoms with E-state index < -0.39 is 65.8 Å². The molecule has 37 heavy (non-hydrogen) atoms. The molecule has 0 saturated carbocycles. The van der Waals surface area contributed by atoms with Gasteiger partial charge in [-0.3, -0.25) is 19.2 Å². The minimum absolute atomic E-state index is 0.00254. The summed E-state index contributed by atoms with van der Waals surface area (Å²) >= 11 is 0. The number of hydrogen-bond donors (Lipinski definition) is 8. The van der Waals surface area contributed by atoms with E-state index in [1.165, 1.54) is 19.1 Å². The molecule has 13 heteroatoms. The van der Waals surface area contributed by atoms with E-state index in [2.05, 4.69) is 16.0 Å². The van der Waals surface area contributed by atoms with Crippen LogP contribution >= 0.6 is 0 Å². The van der Waals surface area contributed by atoms with Gasteiger partial charge in [-0.25, -0.2) is 4.79 Å². The maximum absolute atomic E-state index is 13.3. The Morgan fingerprint density at radius 3 is 1.97 bits per heavy atom. The van der Waals surface area contributed by atoms with E-state index in [0.717, 1.165) is 0 Å². The van der Waals surface area contributed by atoms with Gasteiger partial charge in [0.25, 0.3) is 0 Å². The number of hydrogen-bond acceptors (Lipinski definition) is 8. The maximum atomic E-state index is 13.3. The molecule has 0 radical (unpaired) electrons. The van der Waals surface area contributed by atoms with Crippen LogP contribution in [0.15, 0.2) is 24.3 Å². The van der Waals surface area contributed by atoms with Crippen LogP contribution in [0.25, 0.3) is 0 Å². The van der Waals surface area contributed by atoms with Crippen molar-refractivity contribution in [1.82, 2.24) is 16.0 Å². The van der Waals surface area contributed by atoms with Crippen molar-refractivity contribution in [2.45, 2.75) is 76.7 Å². The van der Waals surface area contributed by atoms with E-state index in [1.807, 2.05) is 0 Å². The molecule has 0 aliphatic rings. The molecule has 0 bridgehead atoms. The summed E-state index contributed by atoms with van der Waals surface area (Å²) in [6.07, 6.45) is -1.27. The number of carboxylic acid groups (broad SMARTS) is 1. The van der Waals surface area contributed by atoms with Crippen LogP contribution in [0, 0.1) is 5.92 Å². The summed E-state index contributed by atoms with van der Waals surface area (Å²) in [5, 5.41) is 36.0. The lowest BCUT2D eigenvalue weighted by Crippen LogP contribution is -2.59. The average molecular weight is 524 g/mol. The predicted octanol–water partition coefficient (Wildman–Crippen LogP) is -1.51. The number of aliphatic carboxylic acids is 1. The minimum Gasteiger partial charge on any atom is -0.508 e. The Morgan fingerprint density at radius 2 is 1.49 bits per heavy atom. The average Bonchev–Trinajstić information content (AvgIpc) is 2.84. The monoisotopic (exact) mass is 523 g/mol. The molecule has 6 unspecified atom stereocenters. The first-order valence-corrected chi connectivity index (χ1v) is 11.9. The molecule has 0 aromatic heterocycles. The van der Waals surface area contributed by atoms with Crippen molar-refractivity contribution >= 4 is 29.6 Å². The van der Waals surface area contributed by atoms with E-state index in [1.54, 1.807) is 26.0 Å². The van der Waals surface area contributed by atoms with E-state index in [9.17, 15) is 39.3 Å². The van der Waals surface area contributed by atoms with Crippen LogP contribution in [0.1, 0.15) is 45.6 Å². The van der Waals surface area contributed by atoms with Gasteiger partial charge < -0.3 is 42.7 Å². The van der Waals surface area contributed by atoms with Crippen molar-refractivity contribution in [3.8, 4) is 5.75 Å². The van der Waals surface area contributed by atoms with Crippen molar-refractivity contribution < 1.29 is 39.3 Å². The molecule has 1 aromatic rings. The summed E-state index contributed by atoms with van der Waals surface area (Å²) in [5.74, 6) is -4.85. The Balaban J connectivity index is 3.16. The van der Waals surface area contributed by atoms with Crippen LogP contribution in [-0.4, -0.2) is 75.2 Å². The number of benzene rings is 1. The summed E-state index contributed by atoms with van der Waals surface area (Å²) in [5.41, 5.74) is 11.3. The quantitative estimate of drug-likeness (QED) is 0.133. The first-order valence-electron chi connectivity index (χ1n) is 11.9. The van der Waals surface area contributed by atoms with Crippen LogP contribution in [0.2, 0.25) is 0 Å². The number of aromatic hydroxyl groups is 1. The Bertz CT molecular complexity index is 953. The predicted molar refractivity (Wildman–Crippen MR) is 133 cm³/mol. The normalized spacial score (nSPS) is 15.8. The largest absolute Gasteiger partial charge is 0.508 e. The second-order valence-electron chi connectivity index (χ2n) is 8.97. The van der Waals surface area contributed by atoms with Crippen molar-refractivity contribution in [3.63, 3.8) is 0 Å². The molecule has 0 aliphatic carbocycles. The lowest BCUT2D eigenvalue weighted by molar-refractivity contribution is -0.143. The SMILES string of the molecule is CCC(C)C(NC(=O)C(Cc1ccc(O)cc1)NC(=O)C(N)C(C)O)C(=O)NC(CCC(N)=O)C(=O)O. The number of nitrogens with two attached hydrogens (primary N) is 2.